The van der Waals surface area contributed by atoms with Gasteiger partial charge in [-0.3, -0.25) is 0 Å². The minimum absolute atomic E-state index is 0.0424. The highest BCUT2D eigenvalue weighted by molar-refractivity contribution is 4.22. The van der Waals surface area contributed by atoms with E-state index in [0.717, 1.165) is 0 Å². The second kappa shape index (κ2) is 10.8. The van der Waals surface area contributed by atoms with Crippen molar-refractivity contribution >= 4 is 0 Å². The van der Waals surface area contributed by atoms with Gasteiger partial charge in [0.2, 0.25) is 0 Å². The summed E-state index contributed by atoms with van der Waals surface area (Å²) in [7, 11) is 0. The molecule has 0 radical (unpaired) electrons. The number of hydrogen-bond acceptors (Lipinski definition) is 6. The second-order valence-corrected chi connectivity index (χ2v) is 1.72. The van der Waals surface area contributed by atoms with Crippen molar-refractivity contribution in [1.29, 1.82) is 0 Å². The van der Waals surface area contributed by atoms with Crippen molar-refractivity contribution in [2.45, 2.75) is 0 Å². The summed E-state index contributed by atoms with van der Waals surface area (Å²) in [5.41, 5.74) is 0. The van der Waals surface area contributed by atoms with Crippen molar-refractivity contribution in [3.63, 3.8) is 0 Å². The van der Waals surface area contributed by atoms with Crippen LogP contribution in [0, 0.1) is 0 Å². The van der Waals surface area contributed by atoms with Crippen LogP contribution in [0.5, 0.6) is 0 Å². The van der Waals surface area contributed by atoms with E-state index in [0.29, 0.717) is 13.2 Å². The van der Waals surface area contributed by atoms with Crippen LogP contribution < -0.4 is 0 Å². The Bertz CT molecular complexity index is 68.4. The van der Waals surface area contributed by atoms with Gasteiger partial charge in [0.05, 0.1) is 13.2 Å². The van der Waals surface area contributed by atoms with E-state index in [9.17, 15) is 0 Å². The van der Waals surface area contributed by atoms with Gasteiger partial charge in [0.1, 0.15) is 27.2 Å². The number of ether oxygens (including phenoxy) is 4. The average molecular weight is 182 g/mol. The summed E-state index contributed by atoms with van der Waals surface area (Å²) < 4.78 is 18.6. The van der Waals surface area contributed by atoms with E-state index in [4.69, 9.17) is 19.7 Å². The van der Waals surface area contributed by atoms with Gasteiger partial charge in [-0.05, 0) is 0 Å². The molecule has 6 heteroatoms. The Hall–Kier alpha value is -0.240. The highest BCUT2D eigenvalue weighted by atomic mass is 16.7. The summed E-state index contributed by atoms with van der Waals surface area (Å²) in [5.74, 6) is 0. The van der Waals surface area contributed by atoms with Crippen molar-refractivity contribution in [2.24, 2.45) is 0 Å². The van der Waals surface area contributed by atoms with Crippen LogP contribution in [0.3, 0.4) is 0 Å². The minimum Gasteiger partial charge on any atom is -0.371 e. The van der Waals surface area contributed by atoms with Gasteiger partial charge in [0.15, 0.2) is 0 Å². The van der Waals surface area contributed by atoms with Gasteiger partial charge in [-0.15, -0.1) is 0 Å². The van der Waals surface area contributed by atoms with Crippen molar-refractivity contribution in [1.82, 2.24) is 0 Å². The van der Waals surface area contributed by atoms with Crippen LogP contribution in [0.15, 0.2) is 0 Å². The quantitative estimate of drug-likeness (QED) is 0.347. The molecule has 0 bridgehead atoms. The molecule has 0 aliphatic carbocycles. The zero-order valence-corrected chi connectivity index (χ0v) is 6.77. The lowest BCUT2D eigenvalue weighted by molar-refractivity contribution is -0.139. The van der Waals surface area contributed by atoms with Gasteiger partial charge in [0.25, 0.3) is 0 Å². The Balaban J connectivity index is 2.73. The van der Waals surface area contributed by atoms with Gasteiger partial charge >= 0.3 is 0 Å². The van der Waals surface area contributed by atoms with Gasteiger partial charge in [-0.25, -0.2) is 0 Å². The average Bonchev–Trinajstić information content (AvgIpc) is 2.10. The molecule has 6 nitrogen and oxygen atoms in total. The molecule has 0 unspecified atom stereocenters. The first-order chi connectivity index (χ1) is 5.91. The van der Waals surface area contributed by atoms with Crippen molar-refractivity contribution in [2.75, 3.05) is 40.4 Å². The fraction of sp³-hybridized carbons (Fsp3) is 1.00. The molecule has 0 atom stereocenters. The molecule has 0 aliphatic rings. The third-order valence-corrected chi connectivity index (χ3v) is 0.888. The topological polar surface area (TPSA) is 77.4 Å². The van der Waals surface area contributed by atoms with E-state index in [1.54, 1.807) is 0 Å². The lowest BCUT2D eigenvalue weighted by atomic mass is 10.8. The molecule has 0 spiro atoms. The fourth-order valence-corrected chi connectivity index (χ4v) is 0.428. The first-order valence-corrected chi connectivity index (χ1v) is 3.44. The SMILES string of the molecule is OCOCOCCOCOCO. The Morgan fingerprint density at radius 2 is 1.08 bits per heavy atom. The molecule has 0 aromatic carbocycles. The molecule has 0 aromatic rings. The zero-order chi connectivity index (χ0) is 9.07. The molecule has 0 fully saturated rings. The van der Waals surface area contributed by atoms with E-state index in [1.807, 2.05) is 0 Å². The van der Waals surface area contributed by atoms with E-state index in [1.165, 1.54) is 0 Å². The third-order valence-electron chi connectivity index (χ3n) is 0.888. The van der Waals surface area contributed by atoms with E-state index < -0.39 is 0 Å². The molecule has 0 amide bonds. The zero-order valence-electron chi connectivity index (χ0n) is 6.77. The summed E-state index contributed by atoms with van der Waals surface area (Å²) >= 11 is 0. The van der Waals surface area contributed by atoms with Crippen LogP contribution in [0.4, 0.5) is 0 Å². The van der Waals surface area contributed by atoms with E-state index in [-0.39, 0.29) is 27.2 Å². The molecule has 2 N–H and O–H groups in total. The Labute approximate surface area is 70.6 Å². The van der Waals surface area contributed by atoms with Crippen molar-refractivity contribution in [3.05, 3.63) is 0 Å². The summed E-state index contributed by atoms with van der Waals surface area (Å²) in [6, 6.07) is 0. The van der Waals surface area contributed by atoms with E-state index in [2.05, 4.69) is 9.47 Å². The maximum absolute atomic E-state index is 8.16. The lowest BCUT2D eigenvalue weighted by Crippen LogP contribution is -2.09. The van der Waals surface area contributed by atoms with Crippen LogP contribution >= 0.6 is 0 Å². The number of rotatable bonds is 9. The summed E-state index contributed by atoms with van der Waals surface area (Å²) in [6.07, 6.45) is 0. The van der Waals surface area contributed by atoms with Gasteiger partial charge in [0, 0.05) is 0 Å². The molecule has 0 saturated carbocycles. The van der Waals surface area contributed by atoms with Crippen LogP contribution in [-0.2, 0) is 18.9 Å². The maximum atomic E-state index is 8.16. The highest BCUT2D eigenvalue weighted by Gasteiger charge is 1.88. The predicted octanol–water partition coefficient (Wildman–Crippen LogP) is -1.13. The Kier molecular flexibility index (Phi) is 10.5. The standard InChI is InChI=1S/C6H14O6/c7-3-11-5-9-1-2-10-6-12-4-8/h7-8H,1-6H2. The van der Waals surface area contributed by atoms with Crippen molar-refractivity contribution < 1.29 is 29.2 Å². The number of aliphatic hydroxyl groups is 2. The highest BCUT2D eigenvalue weighted by Crippen LogP contribution is 1.80. The first kappa shape index (κ1) is 11.8. The van der Waals surface area contributed by atoms with Crippen LogP contribution in [-0.4, -0.2) is 50.6 Å². The monoisotopic (exact) mass is 182 g/mol. The summed E-state index contributed by atoms with van der Waals surface area (Å²) in [5, 5.41) is 16.3. The fourth-order valence-electron chi connectivity index (χ4n) is 0.428. The van der Waals surface area contributed by atoms with Gasteiger partial charge < -0.3 is 29.2 Å². The van der Waals surface area contributed by atoms with Gasteiger partial charge in [-0.1, -0.05) is 0 Å². The second-order valence-electron chi connectivity index (χ2n) is 1.72. The first-order valence-electron chi connectivity index (χ1n) is 3.44. The molecular formula is C6H14O6. The summed E-state index contributed by atoms with van der Waals surface area (Å²) in [4.78, 5) is 0. The van der Waals surface area contributed by atoms with Gasteiger partial charge in [-0.2, -0.15) is 0 Å². The number of aliphatic hydroxyl groups excluding tert-OH is 2. The molecule has 0 saturated heterocycles. The van der Waals surface area contributed by atoms with Crippen LogP contribution in [0.2, 0.25) is 0 Å². The smallest absolute Gasteiger partial charge is 0.149 e. The van der Waals surface area contributed by atoms with Crippen LogP contribution in [0.1, 0.15) is 0 Å². The molecule has 0 heterocycles. The predicted molar refractivity (Wildman–Crippen MR) is 38.0 cm³/mol. The normalized spacial score (nSPS) is 10.5. The third kappa shape index (κ3) is 9.76. The maximum Gasteiger partial charge on any atom is 0.149 e. The van der Waals surface area contributed by atoms with Crippen molar-refractivity contribution in [3.8, 4) is 0 Å². The number of hydrogen-bond donors (Lipinski definition) is 2. The molecule has 0 aromatic heterocycles. The lowest BCUT2D eigenvalue weighted by Gasteiger charge is -2.04. The minimum atomic E-state index is -0.353. The molecule has 0 aliphatic heterocycles. The molecular weight excluding hydrogens is 168 g/mol. The Morgan fingerprint density at radius 3 is 1.42 bits per heavy atom. The molecule has 0 rings (SSSR count). The largest absolute Gasteiger partial charge is 0.371 e. The molecule has 12 heavy (non-hydrogen) atoms. The van der Waals surface area contributed by atoms with Crippen LogP contribution in [0.25, 0.3) is 0 Å². The summed E-state index contributed by atoms with van der Waals surface area (Å²) in [6.45, 7) is 0.0912. The Morgan fingerprint density at radius 1 is 0.667 bits per heavy atom. The molecule has 74 valence electrons. The van der Waals surface area contributed by atoms with E-state index >= 15 is 0 Å².